The molecule has 0 aliphatic carbocycles. The van der Waals surface area contributed by atoms with Crippen molar-refractivity contribution in [1.29, 1.82) is 0 Å². The molecule has 3 aromatic carbocycles. The summed E-state index contributed by atoms with van der Waals surface area (Å²) in [5, 5.41) is 0. The summed E-state index contributed by atoms with van der Waals surface area (Å²) < 4.78 is 5.76. The molecule has 6 nitrogen and oxygen atoms in total. The lowest BCUT2D eigenvalue weighted by Crippen LogP contribution is -2.54. The van der Waals surface area contributed by atoms with Gasteiger partial charge in [0.1, 0.15) is 11.5 Å². The molecule has 0 spiro atoms. The number of ether oxygens (including phenoxy) is 1. The van der Waals surface area contributed by atoms with Gasteiger partial charge < -0.3 is 4.74 Å². The lowest BCUT2D eigenvalue weighted by atomic mass is 10.1. The first-order valence-corrected chi connectivity index (χ1v) is 9.20. The van der Waals surface area contributed by atoms with E-state index in [-0.39, 0.29) is 13.0 Å². The molecule has 0 radical (unpaired) electrons. The first kappa shape index (κ1) is 18.4. The largest absolute Gasteiger partial charge is 0.457 e. The second kappa shape index (κ2) is 7.98. The topological polar surface area (TPSA) is 66.9 Å². The highest BCUT2D eigenvalue weighted by atomic mass is 16.5. The van der Waals surface area contributed by atoms with Crippen LogP contribution < -0.4 is 9.64 Å². The zero-order valence-corrected chi connectivity index (χ0v) is 15.5. The van der Waals surface area contributed by atoms with Crippen molar-refractivity contribution in [3.8, 4) is 11.5 Å². The standard InChI is InChI=1S/C23H18N2O4/c26-21-15-16-24(23(28)25(21)22(27)17-7-3-1-4-8-17)18-11-13-20(14-12-18)29-19-9-5-2-6-10-19/h1-14H,15-16H2. The minimum Gasteiger partial charge on any atom is -0.457 e. The van der Waals surface area contributed by atoms with Crippen molar-refractivity contribution < 1.29 is 19.1 Å². The number of carbonyl (C=O) groups excluding carboxylic acids is 3. The van der Waals surface area contributed by atoms with E-state index >= 15 is 0 Å². The van der Waals surface area contributed by atoms with Crippen LogP contribution in [-0.4, -0.2) is 29.3 Å². The van der Waals surface area contributed by atoms with Crippen LogP contribution in [0.25, 0.3) is 0 Å². The quantitative estimate of drug-likeness (QED) is 0.620. The molecule has 0 N–H and O–H groups in total. The number of nitrogens with zero attached hydrogens (tertiary/aromatic N) is 2. The van der Waals surface area contributed by atoms with Crippen LogP contribution in [0.1, 0.15) is 16.8 Å². The molecule has 1 fully saturated rings. The summed E-state index contributed by atoms with van der Waals surface area (Å²) in [6, 6.07) is 24.0. The van der Waals surface area contributed by atoms with E-state index in [2.05, 4.69) is 0 Å². The van der Waals surface area contributed by atoms with Crippen LogP contribution in [-0.2, 0) is 4.79 Å². The average Bonchev–Trinajstić information content (AvgIpc) is 2.76. The monoisotopic (exact) mass is 386 g/mol. The molecule has 4 rings (SSSR count). The number of hydrogen-bond acceptors (Lipinski definition) is 4. The molecule has 0 bridgehead atoms. The number of benzene rings is 3. The maximum Gasteiger partial charge on any atom is 0.338 e. The van der Waals surface area contributed by atoms with Crippen LogP contribution in [0, 0.1) is 0 Å². The van der Waals surface area contributed by atoms with Crippen molar-refractivity contribution in [2.75, 3.05) is 11.4 Å². The van der Waals surface area contributed by atoms with E-state index in [9.17, 15) is 14.4 Å². The highest BCUT2D eigenvalue weighted by Crippen LogP contribution is 2.27. The fraction of sp³-hybridized carbons (Fsp3) is 0.0870. The summed E-state index contributed by atoms with van der Waals surface area (Å²) in [4.78, 5) is 40.0. The molecule has 0 aromatic heterocycles. The van der Waals surface area contributed by atoms with E-state index in [1.807, 2.05) is 30.3 Å². The third-order valence-corrected chi connectivity index (χ3v) is 4.57. The van der Waals surface area contributed by atoms with Gasteiger partial charge in [0.25, 0.3) is 5.91 Å². The molecule has 3 aromatic rings. The van der Waals surface area contributed by atoms with E-state index < -0.39 is 17.8 Å². The van der Waals surface area contributed by atoms with Gasteiger partial charge in [0.05, 0.1) is 0 Å². The minimum absolute atomic E-state index is 0.0760. The number of hydrogen-bond donors (Lipinski definition) is 0. The second-order valence-electron chi connectivity index (χ2n) is 6.49. The lowest BCUT2D eigenvalue weighted by molar-refractivity contribution is -0.126. The smallest absolute Gasteiger partial charge is 0.338 e. The molecule has 144 valence electrons. The van der Waals surface area contributed by atoms with Gasteiger partial charge in [-0.2, -0.15) is 4.90 Å². The highest BCUT2D eigenvalue weighted by Gasteiger charge is 2.37. The second-order valence-corrected chi connectivity index (χ2v) is 6.49. The zero-order valence-electron chi connectivity index (χ0n) is 15.5. The predicted molar refractivity (Wildman–Crippen MR) is 108 cm³/mol. The van der Waals surface area contributed by atoms with Gasteiger partial charge in [0.15, 0.2) is 0 Å². The molecular formula is C23H18N2O4. The summed E-state index contributed by atoms with van der Waals surface area (Å²) in [6.07, 6.45) is 0.0760. The Hall–Kier alpha value is -3.93. The van der Waals surface area contributed by atoms with Crippen LogP contribution in [0.5, 0.6) is 11.5 Å². The first-order chi connectivity index (χ1) is 14.1. The molecule has 0 atom stereocenters. The molecule has 4 amide bonds. The van der Waals surface area contributed by atoms with Crippen LogP contribution in [0.3, 0.4) is 0 Å². The maximum atomic E-state index is 12.9. The zero-order chi connectivity index (χ0) is 20.2. The van der Waals surface area contributed by atoms with Gasteiger partial charge in [0.2, 0.25) is 5.91 Å². The summed E-state index contributed by atoms with van der Waals surface area (Å²) in [7, 11) is 0. The summed E-state index contributed by atoms with van der Waals surface area (Å²) >= 11 is 0. The Balaban J connectivity index is 1.53. The average molecular weight is 386 g/mol. The summed E-state index contributed by atoms with van der Waals surface area (Å²) in [6.45, 7) is 0.217. The van der Waals surface area contributed by atoms with Gasteiger partial charge in [-0.15, -0.1) is 0 Å². The molecule has 0 unspecified atom stereocenters. The Morgan fingerprint density at radius 2 is 1.34 bits per heavy atom. The van der Waals surface area contributed by atoms with E-state index in [1.165, 1.54) is 4.90 Å². The summed E-state index contributed by atoms with van der Waals surface area (Å²) in [5.74, 6) is 0.218. The van der Waals surface area contributed by atoms with Crippen molar-refractivity contribution in [3.63, 3.8) is 0 Å². The van der Waals surface area contributed by atoms with Crippen molar-refractivity contribution in [1.82, 2.24) is 4.90 Å². The van der Waals surface area contributed by atoms with Gasteiger partial charge in [-0.3, -0.25) is 14.5 Å². The fourth-order valence-corrected chi connectivity index (χ4v) is 3.11. The molecule has 1 saturated heterocycles. The Bertz CT molecular complexity index is 1030. The van der Waals surface area contributed by atoms with Gasteiger partial charge >= 0.3 is 6.03 Å². The minimum atomic E-state index is -0.646. The van der Waals surface area contributed by atoms with Crippen LogP contribution in [0.2, 0.25) is 0 Å². The van der Waals surface area contributed by atoms with Crippen molar-refractivity contribution in [2.45, 2.75) is 6.42 Å². The molecule has 1 heterocycles. The molecule has 29 heavy (non-hydrogen) atoms. The van der Waals surface area contributed by atoms with Crippen molar-refractivity contribution in [2.24, 2.45) is 0 Å². The van der Waals surface area contributed by atoms with E-state index in [0.717, 1.165) is 0 Å². The lowest BCUT2D eigenvalue weighted by Gasteiger charge is -2.33. The number of urea groups is 1. The number of imide groups is 3. The first-order valence-electron chi connectivity index (χ1n) is 9.20. The van der Waals surface area contributed by atoms with Crippen molar-refractivity contribution >= 4 is 23.5 Å². The highest BCUT2D eigenvalue weighted by molar-refractivity contribution is 6.20. The fourth-order valence-electron chi connectivity index (χ4n) is 3.11. The third kappa shape index (κ3) is 3.87. The number of anilines is 1. The van der Waals surface area contributed by atoms with E-state index in [4.69, 9.17) is 4.74 Å². The Kier molecular flexibility index (Phi) is 5.07. The normalized spacial score (nSPS) is 14.1. The molecule has 1 aliphatic rings. The number of para-hydroxylation sites is 1. The SMILES string of the molecule is O=C1CCN(c2ccc(Oc3ccccc3)cc2)C(=O)N1C(=O)c1ccccc1. The Labute approximate surface area is 167 Å². The molecular weight excluding hydrogens is 368 g/mol. The maximum absolute atomic E-state index is 12.9. The number of carbonyl (C=O) groups is 3. The van der Waals surface area contributed by atoms with Gasteiger partial charge in [-0.1, -0.05) is 36.4 Å². The van der Waals surface area contributed by atoms with E-state index in [0.29, 0.717) is 27.6 Å². The molecule has 0 saturated carbocycles. The van der Waals surface area contributed by atoms with Gasteiger partial charge in [-0.05, 0) is 48.5 Å². The number of amides is 4. The van der Waals surface area contributed by atoms with E-state index in [1.54, 1.807) is 54.6 Å². The Morgan fingerprint density at radius 1 is 0.759 bits per heavy atom. The van der Waals surface area contributed by atoms with Gasteiger partial charge in [0, 0.05) is 24.2 Å². The van der Waals surface area contributed by atoms with Crippen molar-refractivity contribution in [3.05, 3.63) is 90.5 Å². The summed E-state index contributed by atoms with van der Waals surface area (Å²) in [5.41, 5.74) is 0.886. The third-order valence-electron chi connectivity index (χ3n) is 4.57. The Morgan fingerprint density at radius 3 is 2.00 bits per heavy atom. The van der Waals surface area contributed by atoms with Crippen LogP contribution in [0.4, 0.5) is 10.5 Å². The van der Waals surface area contributed by atoms with Crippen LogP contribution >= 0.6 is 0 Å². The number of rotatable bonds is 4. The van der Waals surface area contributed by atoms with Crippen LogP contribution in [0.15, 0.2) is 84.9 Å². The van der Waals surface area contributed by atoms with Gasteiger partial charge in [-0.25, -0.2) is 4.79 Å². The predicted octanol–water partition coefficient (Wildman–Crippen LogP) is 4.48. The molecule has 1 aliphatic heterocycles. The molecule has 6 heteroatoms.